The second-order valence-corrected chi connectivity index (χ2v) is 33.4. The lowest BCUT2D eigenvalue weighted by Crippen LogP contribution is -2.50. The summed E-state index contributed by atoms with van der Waals surface area (Å²) in [6, 6.07) is 0. The van der Waals surface area contributed by atoms with E-state index < -0.39 is 85.8 Å². The molecule has 3 aromatic heterocycles. The summed E-state index contributed by atoms with van der Waals surface area (Å²) < 4.78 is 55.8. The van der Waals surface area contributed by atoms with Crippen molar-refractivity contribution in [3.8, 4) is 0 Å². The molecule has 2 unspecified atom stereocenters. The Bertz CT molecular complexity index is 2250. The highest BCUT2D eigenvalue weighted by atomic mass is 32.5. The van der Waals surface area contributed by atoms with E-state index in [-0.39, 0.29) is 46.2 Å². The summed E-state index contributed by atoms with van der Waals surface area (Å²) in [4.78, 5) is 59.0. The summed E-state index contributed by atoms with van der Waals surface area (Å²) in [5.74, 6) is -0.0126. The molecule has 7 heterocycles. The van der Waals surface area contributed by atoms with Crippen LogP contribution < -0.4 is 5.73 Å². The molecule has 4 aliphatic rings. The number of rotatable bonds is 6. The maximum Gasteiger partial charge on any atom is 0.325 e. The molecule has 3 aromatic rings. The van der Waals surface area contributed by atoms with E-state index in [2.05, 4.69) is 79.6 Å². The number of amidine groups is 1. The summed E-state index contributed by atoms with van der Waals surface area (Å²) >= 11 is 11.5. The van der Waals surface area contributed by atoms with Crippen LogP contribution in [0.2, 0.25) is 36.3 Å². The van der Waals surface area contributed by atoms with E-state index in [0.29, 0.717) is 16.9 Å². The first kappa shape index (κ1) is 45.3. The molecule has 10 atom stereocenters. The first-order valence-corrected chi connectivity index (χ1v) is 30.2. The molecular weight excluding hydrogens is 879 g/mol. The van der Waals surface area contributed by atoms with Gasteiger partial charge in [0, 0.05) is 0 Å². The van der Waals surface area contributed by atoms with Crippen LogP contribution in [0, 0.1) is 6.92 Å². The fourth-order valence-corrected chi connectivity index (χ4v) is 12.3. The molecule has 7 rings (SSSR count). The van der Waals surface area contributed by atoms with Gasteiger partial charge in [0.1, 0.15) is 54.3 Å². The second-order valence-electron chi connectivity index (χ2n) is 18.3. The molecule has 3 fully saturated rings. The quantitative estimate of drug-likeness (QED) is 0.207. The van der Waals surface area contributed by atoms with Gasteiger partial charge in [-0.25, -0.2) is 24.9 Å². The van der Waals surface area contributed by atoms with E-state index >= 15 is 0 Å². The zero-order valence-corrected chi connectivity index (χ0v) is 40.4. The van der Waals surface area contributed by atoms with Crippen LogP contribution in [0.15, 0.2) is 24.0 Å². The van der Waals surface area contributed by atoms with E-state index in [0.717, 1.165) is 0 Å². The molecule has 0 aromatic carbocycles. The molecule has 0 radical (unpaired) electrons. The normalized spacial score (nSPS) is 33.8. The molecule has 0 saturated carbocycles. The Balaban J connectivity index is 1.30. The molecule has 59 heavy (non-hydrogen) atoms. The number of ether oxygens (including phenoxy) is 2. The van der Waals surface area contributed by atoms with E-state index in [1.807, 2.05) is 20.0 Å². The van der Waals surface area contributed by atoms with Crippen LogP contribution >= 0.6 is 13.4 Å². The number of imidazole rings is 2. The summed E-state index contributed by atoms with van der Waals surface area (Å²) in [6.07, 6.45) is -3.94. The number of aliphatic imine (C=N–C) groups is 1. The van der Waals surface area contributed by atoms with Gasteiger partial charge in [-0.2, -0.15) is 0 Å². The Labute approximate surface area is 355 Å². The third-order valence-corrected chi connectivity index (χ3v) is 24.1. The van der Waals surface area contributed by atoms with Gasteiger partial charge in [-0.1, -0.05) is 41.5 Å². The van der Waals surface area contributed by atoms with Crippen LogP contribution in [-0.2, 0) is 60.0 Å². The predicted molar refractivity (Wildman–Crippen MR) is 229 cm³/mol. The number of ketones is 1. The van der Waals surface area contributed by atoms with Gasteiger partial charge in [0.15, 0.2) is 52.0 Å². The average Bonchev–Trinajstić information content (AvgIpc) is 3.86. The van der Waals surface area contributed by atoms with Crippen LogP contribution in [0.1, 0.15) is 76.6 Å². The predicted octanol–water partition coefficient (Wildman–Crippen LogP) is 5.43. The van der Waals surface area contributed by atoms with Crippen molar-refractivity contribution in [2.24, 2.45) is 10.7 Å². The maximum absolute atomic E-state index is 12.9. The van der Waals surface area contributed by atoms with Crippen molar-refractivity contribution in [3.05, 3.63) is 30.4 Å². The molecule has 19 nitrogen and oxygen atoms in total. The summed E-state index contributed by atoms with van der Waals surface area (Å²) in [6.45, 7) is 13.4. The lowest BCUT2D eigenvalue weighted by atomic mass is 10.1. The Morgan fingerprint density at radius 2 is 1.37 bits per heavy atom. The number of hydrogen-bond acceptors (Lipinski definition) is 17. The van der Waals surface area contributed by atoms with Crippen molar-refractivity contribution in [2.75, 3.05) is 13.2 Å². The van der Waals surface area contributed by atoms with Crippen LogP contribution in [0.25, 0.3) is 11.2 Å². The Hall–Kier alpha value is -1.77. The zero-order valence-electron chi connectivity index (χ0n) is 35.0. The van der Waals surface area contributed by atoms with E-state index in [4.69, 9.17) is 65.8 Å². The fourth-order valence-electron chi connectivity index (χ4n) is 6.80. The van der Waals surface area contributed by atoms with E-state index in [9.17, 15) is 14.6 Å². The summed E-state index contributed by atoms with van der Waals surface area (Å²) in [5.41, 5.74) is 7.82. The molecule has 4 N–H and O–H groups in total. The van der Waals surface area contributed by atoms with E-state index in [1.54, 1.807) is 15.5 Å². The van der Waals surface area contributed by atoms with Gasteiger partial charge in [0.2, 0.25) is 0 Å². The SMILES string of the molecule is Cc1ncnc2c1ncn2[C@@H]1O[C@@H]2COP(O)(=S)O[C@H]3[C@@H](O[Si](C)(C)C(C)(C)C)[C@H](n4cnc5c4N=C(N)CC5=O)O[C@@H]3COP(O)(=S)O[C@@H]1[C@@H]2O[Si](C)(C)C(C)(C)C. The Morgan fingerprint density at radius 3 is 2.00 bits per heavy atom. The maximum atomic E-state index is 12.9. The average molecular weight is 933 g/mol. The van der Waals surface area contributed by atoms with Gasteiger partial charge >= 0.3 is 13.4 Å². The highest BCUT2D eigenvalue weighted by molar-refractivity contribution is 8.07. The van der Waals surface area contributed by atoms with Crippen molar-refractivity contribution in [1.82, 2.24) is 29.1 Å². The van der Waals surface area contributed by atoms with Gasteiger partial charge in [-0.15, -0.1) is 0 Å². The van der Waals surface area contributed by atoms with Crippen LogP contribution in [0.3, 0.4) is 0 Å². The first-order valence-electron chi connectivity index (χ1n) is 19.2. The number of hydrogen-bond donors (Lipinski definition) is 3. The Kier molecular flexibility index (Phi) is 12.1. The highest BCUT2D eigenvalue weighted by Crippen LogP contribution is 2.56. The molecule has 0 amide bonds. The molecule has 0 spiro atoms. The topological polar surface area (TPSA) is 231 Å². The molecule has 3 saturated heterocycles. The monoisotopic (exact) mass is 932 g/mol. The zero-order chi connectivity index (χ0) is 43.2. The van der Waals surface area contributed by atoms with Crippen molar-refractivity contribution in [2.45, 2.75) is 140 Å². The lowest BCUT2D eigenvalue weighted by molar-refractivity contribution is -0.0607. The van der Waals surface area contributed by atoms with Gasteiger partial charge in [-0.3, -0.25) is 23.0 Å². The molecule has 2 bridgehead atoms. The van der Waals surface area contributed by atoms with Crippen LogP contribution in [-0.4, -0.2) is 117 Å². The number of nitrogens with two attached hydrogens (primary N) is 1. The van der Waals surface area contributed by atoms with Gasteiger partial charge < -0.3 is 42.9 Å². The standard InChI is InChI=1S/C34H54N8O11P2S2Si2/c1-18-23-29(37-15-36-18)41(16-38-23)31-27-26(52-58(8,9)33(2,3)4)21(49-31)14-47-54(44,56)50-25-20(13-46-55(45,57)51-27)48-32(28(25)53-59(10,11)34(5,6)7)42-17-39-24-19(43)12-22(35)40-30(24)42/h15-17,20-21,25-28,31-32H,12-14H2,1-11H3,(H2,35,40)(H,44,56)(H,45,57)/t20-,21-,25-,26-,27-,28-,31-,32-,54?,55?/m1/s1. The van der Waals surface area contributed by atoms with Gasteiger partial charge in [-0.05, 0) is 66.8 Å². The minimum Gasteiger partial charge on any atom is -0.408 e. The highest BCUT2D eigenvalue weighted by Gasteiger charge is 2.57. The van der Waals surface area contributed by atoms with Crippen molar-refractivity contribution in [3.63, 3.8) is 0 Å². The fraction of sp³-hybridized carbons (Fsp3) is 0.706. The summed E-state index contributed by atoms with van der Waals surface area (Å²) in [5, 5.41) is -0.555. The van der Waals surface area contributed by atoms with Gasteiger partial charge in [0.25, 0.3) is 0 Å². The molecule has 25 heteroatoms. The first-order chi connectivity index (χ1) is 27.2. The lowest BCUT2D eigenvalue weighted by Gasteiger charge is -2.41. The van der Waals surface area contributed by atoms with Crippen LogP contribution in [0.4, 0.5) is 5.82 Å². The molecular formula is C34H54N8O11P2S2Si2. The third kappa shape index (κ3) is 8.91. The molecule has 0 aliphatic carbocycles. The van der Waals surface area contributed by atoms with E-state index in [1.165, 1.54) is 12.7 Å². The second kappa shape index (κ2) is 15.8. The van der Waals surface area contributed by atoms with Gasteiger partial charge in [0.05, 0.1) is 38.0 Å². The van der Waals surface area contributed by atoms with Crippen molar-refractivity contribution in [1.29, 1.82) is 0 Å². The minimum absolute atomic E-state index is 0.0771. The number of carbonyl (C=O) groups is 1. The summed E-state index contributed by atoms with van der Waals surface area (Å²) in [7, 11) is -5.29. The van der Waals surface area contributed by atoms with Crippen molar-refractivity contribution < 1.29 is 51.0 Å². The molecule has 4 aliphatic heterocycles. The largest absolute Gasteiger partial charge is 0.408 e. The minimum atomic E-state index is -4.20. The number of aryl methyl sites for hydroxylation is 1. The molecule has 326 valence electrons. The third-order valence-electron chi connectivity index (χ3n) is 12.1. The smallest absolute Gasteiger partial charge is 0.325 e. The number of carbonyl (C=O) groups excluding carboxylic acids is 1. The number of nitrogens with zero attached hydrogens (tertiary/aromatic N) is 7. The number of Topliss-reactive ketones (excluding diaryl/α,β-unsaturated/α-hetero) is 1. The van der Waals surface area contributed by atoms with Crippen molar-refractivity contribution >= 4 is 82.3 Å². The number of fused-ring (bicyclic) bond motifs is 5. The Morgan fingerprint density at radius 1 is 0.814 bits per heavy atom. The van der Waals surface area contributed by atoms with Crippen LogP contribution in [0.5, 0.6) is 0 Å². The number of aromatic nitrogens is 6.